The number of fused-ring (bicyclic) bond motifs is 5. The molecule has 3 amide bonds. The summed E-state index contributed by atoms with van der Waals surface area (Å²) in [7, 11) is 0. The minimum atomic E-state index is -0.367. The van der Waals surface area contributed by atoms with Gasteiger partial charge < -0.3 is 9.64 Å². The Balaban J connectivity index is 1.39. The third-order valence-electron chi connectivity index (χ3n) is 5.92. The minimum Gasteiger partial charge on any atom is -0.373 e. The molecular formula is C20H24N2O4. The molecule has 0 N–H and O–H groups in total. The van der Waals surface area contributed by atoms with Crippen LogP contribution in [0.3, 0.4) is 0 Å². The third kappa shape index (κ3) is 2.82. The van der Waals surface area contributed by atoms with Crippen LogP contribution in [0.1, 0.15) is 25.3 Å². The van der Waals surface area contributed by atoms with Crippen LogP contribution < -0.4 is 0 Å². The Morgan fingerprint density at radius 2 is 1.73 bits per heavy atom. The van der Waals surface area contributed by atoms with E-state index in [4.69, 9.17) is 4.74 Å². The number of hydrogen-bond donors (Lipinski definition) is 0. The van der Waals surface area contributed by atoms with Gasteiger partial charge in [-0.25, -0.2) is 0 Å². The van der Waals surface area contributed by atoms with E-state index in [1.165, 1.54) is 4.90 Å². The predicted molar refractivity (Wildman–Crippen MR) is 94.0 cm³/mol. The second kappa shape index (κ2) is 6.83. The number of imide groups is 1. The van der Waals surface area contributed by atoms with E-state index in [0.717, 1.165) is 24.8 Å². The van der Waals surface area contributed by atoms with Gasteiger partial charge in [0.05, 0.1) is 24.0 Å². The topological polar surface area (TPSA) is 66.9 Å². The van der Waals surface area contributed by atoms with E-state index in [2.05, 4.69) is 0 Å². The Morgan fingerprint density at radius 1 is 1.12 bits per heavy atom. The number of likely N-dealkylation sites (tertiary alicyclic amines) is 1. The molecule has 4 unspecified atom stereocenters. The van der Waals surface area contributed by atoms with E-state index >= 15 is 0 Å². The minimum absolute atomic E-state index is 0.137. The molecule has 26 heavy (non-hydrogen) atoms. The summed E-state index contributed by atoms with van der Waals surface area (Å²) >= 11 is 0. The first kappa shape index (κ1) is 17.2. The van der Waals surface area contributed by atoms with Gasteiger partial charge in [0, 0.05) is 13.1 Å². The lowest BCUT2D eigenvalue weighted by atomic mass is 9.81. The maximum atomic E-state index is 12.7. The summed E-state index contributed by atoms with van der Waals surface area (Å²) in [5, 5.41) is 0. The Morgan fingerprint density at radius 3 is 2.31 bits per heavy atom. The average molecular weight is 356 g/mol. The van der Waals surface area contributed by atoms with E-state index in [1.807, 2.05) is 37.3 Å². The summed E-state index contributed by atoms with van der Waals surface area (Å²) in [6.45, 7) is 2.91. The van der Waals surface area contributed by atoms with Crippen molar-refractivity contribution in [2.75, 3.05) is 19.6 Å². The number of likely N-dealkylation sites (N-methyl/N-ethyl adjacent to an activating group) is 1. The largest absolute Gasteiger partial charge is 0.373 e. The van der Waals surface area contributed by atoms with E-state index in [9.17, 15) is 14.4 Å². The molecule has 4 rings (SSSR count). The van der Waals surface area contributed by atoms with Crippen LogP contribution in [0.15, 0.2) is 30.3 Å². The summed E-state index contributed by atoms with van der Waals surface area (Å²) in [6, 6.07) is 9.98. The zero-order valence-electron chi connectivity index (χ0n) is 15.0. The number of carbonyl (C=O) groups is 3. The van der Waals surface area contributed by atoms with Crippen molar-refractivity contribution in [1.82, 2.24) is 9.80 Å². The first-order chi connectivity index (χ1) is 12.6. The highest BCUT2D eigenvalue weighted by Gasteiger charge is 2.62. The third-order valence-corrected chi connectivity index (χ3v) is 5.92. The van der Waals surface area contributed by atoms with Gasteiger partial charge in [0.1, 0.15) is 6.54 Å². The summed E-state index contributed by atoms with van der Waals surface area (Å²) in [6.07, 6.45) is 2.16. The number of rotatable bonds is 6. The van der Waals surface area contributed by atoms with Crippen molar-refractivity contribution in [2.24, 2.45) is 11.8 Å². The molecular weight excluding hydrogens is 332 g/mol. The van der Waals surface area contributed by atoms with Crippen molar-refractivity contribution in [3.63, 3.8) is 0 Å². The van der Waals surface area contributed by atoms with E-state index in [0.29, 0.717) is 13.1 Å². The van der Waals surface area contributed by atoms with Crippen molar-refractivity contribution in [3.05, 3.63) is 35.9 Å². The molecule has 3 aliphatic rings. The quantitative estimate of drug-likeness (QED) is 0.720. The molecule has 2 bridgehead atoms. The maximum absolute atomic E-state index is 12.7. The van der Waals surface area contributed by atoms with Crippen molar-refractivity contribution in [1.29, 1.82) is 0 Å². The van der Waals surface area contributed by atoms with Gasteiger partial charge in [0.25, 0.3) is 0 Å². The molecule has 0 saturated carbocycles. The molecule has 6 heteroatoms. The Hall–Kier alpha value is -2.21. The van der Waals surface area contributed by atoms with E-state index < -0.39 is 0 Å². The lowest BCUT2D eigenvalue weighted by molar-refractivity contribution is -0.148. The van der Waals surface area contributed by atoms with Crippen molar-refractivity contribution in [2.45, 2.75) is 38.4 Å². The molecule has 0 spiro atoms. The number of hydrogen-bond acceptors (Lipinski definition) is 4. The van der Waals surface area contributed by atoms with Gasteiger partial charge in [-0.2, -0.15) is 0 Å². The van der Waals surface area contributed by atoms with Gasteiger partial charge >= 0.3 is 0 Å². The number of amides is 3. The smallest absolute Gasteiger partial charge is 0.242 e. The van der Waals surface area contributed by atoms with Crippen LogP contribution in [0.5, 0.6) is 0 Å². The molecule has 3 fully saturated rings. The number of benzene rings is 1. The van der Waals surface area contributed by atoms with Crippen LogP contribution in [0, 0.1) is 11.8 Å². The molecule has 4 atom stereocenters. The summed E-state index contributed by atoms with van der Waals surface area (Å²) in [4.78, 5) is 40.9. The van der Waals surface area contributed by atoms with Crippen LogP contribution in [0.25, 0.3) is 0 Å². The zero-order valence-corrected chi connectivity index (χ0v) is 15.0. The van der Waals surface area contributed by atoms with Gasteiger partial charge in [0.2, 0.25) is 17.7 Å². The Bertz CT molecular complexity index is 692. The van der Waals surface area contributed by atoms with Crippen LogP contribution >= 0.6 is 0 Å². The number of ether oxygens (including phenoxy) is 1. The standard InChI is InChI=1S/C20H24N2O4/c1-2-21(11-10-13-6-4-3-5-7-13)16(23)12-22-19(24)17-14-8-9-15(26-14)18(17)20(22)25/h3-7,14-15,17-18H,2,8-12H2,1H3. The highest BCUT2D eigenvalue weighted by molar-refractivity contribution is 6.08. The molecule has 0 aliphatic carbocycles. The van der Waals surface area contributed by atoms with Crippen molar-refractivity contribution in [3.8, 4) is 0 Å². The number of nitrogens with zero attached hydrogens (tertiary/aromatic N) is 2. The predicted octanol–water partition coefficient (Wildman–Crippen LogP) is 1.24. The molecule has 1 aromatic rings. The lowest BCUT2D eigenvalue weighted by Crippen LogP contribution is -2.44. The molecule has 3 aliphatic heterocycles. The summed E-state index contributed by atoms with van der Waals surface area (Å²) < 4.78 is 5.73. The van der Waals surface area contributed by atoms with Gasteiger partial charge in [-0.3, -0.25) is 19.3 Å². The van der Waals surface area contributed by atoms with Crippen molar-refractivity contribution >= 4 is 17.7 Å². The van der Waals surface area contributed by atoms with Gasteiger partial charge in [-0.1, -0.05) is 30.3 Å². The maximum Gasteiger partial charge on any atom is 0.242 e. The van der Waals surface area contributed by atoms with E-state index in [1.54, 1.807) is 4.90 Å². The fraction of sp³-hybridized carbons (Fsp3) is 0.550. The van der Waals surface area contributed by atoms with Crippen LogP contribution in [-0.4, -0.2) is 59.4 Å². The first-order valence-electron chi connectivity index (χ1n) is 9.42. The van der Waals surface area contributed by atoms with Crippen LogP contribution in [-0.2, 0) is 25.5 Å². The molecule has 0 aromatic heterocycles. The van der Waals surface area contributed by atoms with Crippen molar-refractivity contribution < 1.29 is 19.1 Å². The Kier molecular flexibility index (Phi) is 4.53. The van der Waals surface area contributed by atoms with E-state index in [-0.39, 0.29) is 48.3 Å². The lowest BCUT2D eigenvalue weighted by Gasteiger charge is -2.24. The zero-order chi connectivity index (χ0) is 18.3. The highest BCUT2D eigenvalue weighted by Crippen LogP contribution is 2.48. The average Bonchev–Trinajstić information content (AvgIpc) is 3.33. The second-order valence-electron chi connectivity index (χ2n) is 7.31. The summed E-state index contributed by atoms with van der Waals surface area (Å²) in [5.41, 5.74) is 1.16. The molecule has 6 nitrogen and oxygen atoms in total. The first-order valence-corrected chi connectivity index (χ1v) is 9.42. The SMILES string of the molecule is CCN(CCc1ccccc1)C(=O)CN1C(=O)C2C3CCC(O3)C2C1=O. The Labute approximate surface area is 153 Å². The van der Waals surface area contributed by atoms with Gasteiger partial charge in [0.15, 0.2) is 0 Å². The molecule has 0 radical (unpaired) electrons. The monoisotopic (exact) mass is 356 g/mol. The molecule has 138 valence electrons. The van der Waals surface area contributed by atoms with Gasteiger partial charge in [-0.05, 0) is 31.7 Å². The number of carbonyl (C=O) groups excluding carboxylic acids is 3. The molecule has 3 heterocycles. The fourth-order valence-corrected chi connectivity index (χ4v) is 4.53. The van der Waals surface area contributed by atoms with Gasteiger partial charge in [-0.15, -0.1) is 0 Å². The fourth-order valence-electron chi connectivity index (χ4n) is 4.53. The van der Waals surface area contributed by atoms with Crippen LogP contribution in [0.2, 0.25) is 0 Å². The molecule has 1 aromatic carbocycles. The second-order valence-corrected chi connectivity index (χ2v) is 7.31. The molecule has 3 saturated heterocycles. The highest BCUT2D eigenvalue weighted by atomic mass is 16.5. The summed E-state index contributed by atoms with van der Waals surface area (Å²) in [5.74, 6) is -1.35. The van der Waals surface area contributed by atoms with Crippen LogP contribution in [0.4, 0.5) is 0 Å². The normalized spacial score (nSPS) is 29.3.